The maximum absolute atomic E-state index is 12.0. The molecule has 0 aliphatic rings. The number of hydrogen-bond acceptors (Lipinski definition) is 4. The van der Waals surface area contributed by atoms with Gasteiger partial charge >= 0.3 is 0 Å². The van der Waals surface area contributed by atoms with E-state index in [0.717, 1.165) is 5.56 Å². The van der Waals surface area contributed by atoms with Crippen molar-refractivity contribution >= 4 is 5.91 Å². The van der Waals surface area contributed by atoms with Crippen LogP contribution in [0, 0.1) is 0 Å². The largest absolute Gasteiger partial charge is 0.490 e. The number of nitrogens with one attached hydrogen (secondary N) is 1. The molecule has 6 heteroatoms. The van der Waals surface area contributed by atoms with Gasteiger partial charge in [0, 0.05) is 25.4 Å². The van der Waals surface area contributed by atoms with Crippen LogP contribution in [0.1, 0.15) is 12.5 Å². The van der Waals surface area contributed by atoms with Crippen LogP contribution in [0.25, 0.3) is 0 Å². The Hall–Kier alpha value is -2.50. The van der Waals surface area contributed by atoms with Crippen molar-refractivity contribution < 1.29 is 14.3 Å². The van der Waals surface area contributed by atoms with Gasteiger partial charge in [0.25, 0.3) is 5.91 Å². The second-order valence-electron chi connectivity index (χ2n) is 4.52. The lowest BCUT2D eigenvalue weighted by Crippen LogP contribution is -2.30. The Morgan fingerprint density at radius 1 is 1.29 bits per heavy atom. The SMILES string of the molecule is CCOc1ccccc1OCC(=O)N(C)Cc1cn[nH]c1. The summed E-state index contributed by atoms with van der Waals surface area (Å²) in [6.07, 6.45) is 3.45. The fraction of sp³-hybridized carbons (Fsp3) is 0.333. The highest BCUT2D eigenvalue weighted by atomic mass is 16.5. The summed E-state index contributed by atoms with van der Waals surface area (Å²) in [5.74, 6) is 1.11. The molecule has 21 heavy (non-hydrogen) atoms. The number of H-pyrrole nitrogens is 1. The summed E-state index contributed by atoms with van der Waals surface area (Å²) in [6.45, 7) is 2.92. The van der Waals surface area contributed by atoms with Crippen molar-refractivity contribution in [2.24, 2.45) is 0 Å². The van der Waals surface area contributed by atoms with Gasteiger partial charge in [-0.3, -0.25) is 9.89 Å². The van der Waals surface area contributed by atoms with Gasteiger partial charge in [-0.2, -0.15) is 5.10 Å². The monoisotopic (exact) mass is 289 g/mol. The fourth-order valence-corrected chi connectivity index (χ4v) is 1.82. The first-order valence-electron chi connectivity index (χ1n) is 6.77. The summed E-state index contributed by atoms with van der Waals surface area (Å²) in [5.41, 5.74) is 0.945. The molecule has 0 unspecified atom stereocenters. The van der Waals surface area contributed by atoms with E-state index in [2.05, 4.69) is 10.2 Å². The molecular weight excluding hydrogens is 270 g/mol. The van der Waals surface area contributed by atoms with E-state index in [9.17, 15) is 4.79 Å². The maximum Gasteiger partial charge on any atom is 0.260 e. The van der Waals surface area contributed by atoms with Crippen molar-refractivity contribution in [1.29, 1.82) is 0 Å². The van der Waals surface area contributed by atoms with Gasteiger partial charge in [-0.1, -0.05) is 12.1 Å². The summed E-state index contributed by atoms with van der Waals surface area (Å²) in [4.78, 5) is 13.6. The molecule has 0 atom stereocenters. The topological polar surface area (TPSA) is 67.5 Å². The van der Waals surface area contributed by atoms with E-state index in [1.807, 2.05) is 25.1 Å². The predicted molar refractivity (Wildman–Crippen MR) is 78.2 cm³/mol. The molecule has 1 N–H and O–H groups in total. The van der Waals surface area contributed by atoms with Crippen molar-refractivity contribution in [1.82, 2.24) is 15.1 Å². The Morgan fingerprint density at radius 2 is 2.00 bits per heavy atom. The second kappa shape index (κ2) is 7.33. The first-order chi connectivity index (χ1) is 10.2. The number of aromatic amines is 1. The van der Waals surface area contributed by atoms with E-state index < -0.39 is 0 Å². The quantitative estimate of drug-likeness (QED) is 0.844. The van der Waals surface area contributed by atoms with Gasteiger partial charge in [0.2, 0.25) is 0 Å². The lowest BCUT2D eigenvalue weighted by Gasteiger charge is -2.17. The number of carbonyl (C=O) groups excluding carboxylic acids is 1. The summed E-state index contributed by atoms with van der Waals surface area (Å²) < 4.78 is 11.0. The van der Waals surface area contributed by atoms with Crippen LogP contribution >= 0.6 is 0 Å². The molecule has 1 aromatic heterocycles. The molecule has 6 nitrogen and oxygen atoms in total. The van der Waals surface area contributed by atoms with E-state index in [4.69, 9.17) is 9.47 Å². The molecule has 1 aromatic carbocycles. The zero-order valence-electron chi connectivity index (χ0n) is 12.2. The lowest BCUT2D eigenvalue weighted by molar-refractivity contribution is -0.132. The minimum Gasteiger partial charge on any atom is -0.490 e. The van der Waals surface area contributed by atoms with Crippen LogP contribution in [0.4, 0.5) is 0 Å². The molecule has 0 aliphatic carbocycles. The number of hydrogen-bond donors (Lipinski definition) is 1. The number of likely N-dealkylation sites (N-methyl/N-ethyl adjacent to an activating group) is 1. The van der Waals surface area contributed by atoms with E-state index >= 15 is 0 Å². The van der Waals surface area contributed by atoms with E-state index in [1.165, 1.54) is 0 Å². The minimum absolute atomic E-state index is 0.0293. The smallest absolute Gasteiger partial charge is 0.260 e. The Bertz CT molecular complexity index is 569. The molecule has 1 heterocycles. The van der Waals surface area contributed by atoms with Crippen molar-refractivity contribution in [3.63, 3.8) is 0 Å². The highest BCUT2D eigenvalue weighted by molar-refractivity contribution is 5.77. The lowest BCUT2D eigenvalue weighted by atomic mass is 10.3. The van der Waals surface area contributed by atoms with Gasteiger partial charge in [-0.05, 0) is 19.1 Å². The molecule has 2 aromatic rings. The van der Waals surface area contributed by atoms with E-state index in [-0.39, 0.29) is 12.5 Å². The molecule has 0 saturated carbocycles. The van der Waals surface area contributed by atoms with Crippen LogP contribution in [0.5, 0.6) is 11.5 Å². The molecule has 2 rings (SSSR count). The van der Waals surface area contributed by atoms with Crippen molar-refractivity contribution in [2.45, 2.75) is 13.5 Å². The molecule has 0 saturated heterocycles. The Labute approximate surface area is 123 Å². The summed E-state index contributed by atoms with van der Waals surface area (Å²) in [5, 5.41) is 6.57. The highest BCUT2D eigenvalue weighted by Crippen LogP contribution is 2.26. The summed E-state index contributed by atoms with van der Waals surface area (Å²) >= 11 is 0. The van der Waals surface area contributed by atoms with Crippen LogP contribution in [0.3, 0.4) is 0 Å². The third kappa shape index (κ3) is 4.24. The second-order valence-corrected chi connectivity index (χ2v) is 4.52. The van der Waals surface area contributed by atoms with Crippen LogP contribution in [0.2, 0.25) is 0 Å². The molecule has 0 radical (unpaired) electrons. The third-order valence-electron chi connectivity index (χ3n) is 2.90. The standard InChI is InChI=1S/C15H19N3O3/c1-3-20-13-6-4-5-7-14(13)21-11-15(19)18(2)10-12-8-16-17-9-12/h4-9H,3,10-11H2,1-2H3,(H,16,17). The van der Waals surface area contributed by atoms with Crippen molar-refractivity contribution in [3.8, 4) is 11.5 Å². The number of amides is 1. The number of ether oxygens (including phenoxy) is 2. The fourth-order valence-electron chi connectivity index (χ4n) is 1.82. The molecule has 0 bridgehead atoms. The molecular formula is C15H19N3O3. The van der Waals surface area contributed by atoms with Gasteiger partial charge in [-0.15, -0.1) is 0 Å². The molecule has 0 aliphatic heterocycles. The first-order valence-corrected chi connectivity index (χ1v) is 6.77. The van der Waals surface area contributed by atoms with Gasteiger partial charge < -0.3 is 14.4 Å². The van der Waals surface area contributed by atoms with Crippen LogP contribution < -0.4 is 9.47 Å². The number of rotatable bonds is 7. The number of para-hydroxylation sites is 2. The Morgan fingerprint density at radius 3 is 2.62 bits per heavy atom. The van der Waals surface area contributed by atoms with Crippen LogP contribution in [0.15, 0.2) is 36.7 Å². The number of aromatic nitrogens is 2. The third-order valence-corrected chi connectivity index (χ3v) is 2.90. The Balaban J connectivity index is 1.88. The van der Waals surface area contributed by atoms with Crippen LogP contribution in [-0.2, 0) is 11.3 Å². The normalized spacial score (nSPS) is 10.2. The van der Waals surface area contributed by atoms with Crippen molar-refractivity contribution in [2.75, 3.05) is 20.3 Å². The molecule has 1 amide bonds. The van der Waals surface area contributed by atoms with Gasteiger partial charge in [0.1, 0.15) is 0 Å². The van der Waals surface area contributed by atoms with Gasteiger partial charge in [0.05, 0.1) is 12.8 Å². The van der Waals surface area contributed by atoms with E-state index in [0.29, 0.717) is 24.7 Å². The number of benzene rings is 1. The summed E-state index contributed by atoms with van der Waals surface area (Å²) in [7, 11) is 1.73. The van der Waals surface area contributed by atoms with E-state index in [1.54, 1.807) is 30.4 Å². The zero-order valence-corrected chi connectivity index (χ0v) is 12.2. The van der Waals surface area contributed by atoms with Crippen molar-refractivity contribution in [3.05, 3.63) is 42.2 Å². The average molecular weight is 289 g/mol. The zero-order chi connectivity index (χ0) is 15.1. The minimum atomic E-state index is -0.109. The average Bonchev–Trinajstić information content (AvgIpc) is 2.99. The predicted octanol–water partition coefficient (Wildman–Crippen LogP) is 1.85. The Kier molecular flexibility index (Phi) is 5.20. The highest BCUT2D eigenvalue weighted by Gasteiger charge is 2.12. The van der Waals surface area contributed by atoms with Crippen LogP contribution in [-0.4, -0.2) is 41.3 Å². The summed E-state index contributed by atoms with van der Waals surface area (Å²) in [6, 6.07) is 7.31. The maximum atomic E-state index is 12.0. The molecule has 112 valence electrons. The first kappa shape index (κ1) is 14.9. The van der Waals surface area contributed by atoms with Gasteiger partial charge in [0.15, 0.2) is 18.1 Å². The number of nitrogens with zero attached hydrogens (tertiary/aromatic N) is 2. The number of carbonyl (C=O) groups is 1. The van der Waals surface area contributed by atoms with Gasteiger partial charge in [-0.25, -0.2) is 0 Å². The molecule has 0 fully saturated rings. The molecule has 0 spiro atoms.